The second-order valence-electron chi connectivity index (χ2n) is 5.13. The van der Waals surface area contributed by atoms with E-state index in [1.807, 2.05) is 11.9 Å². The molecule has 0 bridgehead atoms. The minimum Gasteiger partial charge on any atom is -0.378 e. The van der Waals surface area contributed by atoms with Crippen LogP contribution in [0.2, 0.25) is 0 Å². The molecule has 21 heavy (non-hydrogen) atoms. The Morgan fingerprint density at radius 1 is 1.38 bits per heavy atom. The molecular weight excluding hydrogens is 303 g/mol. The van der Waals surface area contributed by atoms with Crippen LogP contribution in [0.4, 0.5) is 18.3 Å². The Kier molecular flexibility index (Phi) is 5.45. The van der Waals surface area contributed by atoms with E-state index < -0.39 is 12.1 Å². The molecule has 0 saturated carbocycles. The van der Waals surface area contributed by atoms with Crippen LogP contribution in [-0.2, 0) is 17.9 Å². The molecule has 0 radical (unpaired) electrons. The molecule has 8 heteroatoms. The van der Waals surface area contributed by atoms with E-state index in [0.29, 0.717) is 26.2 Å². The van der Waals surface area contributed by atoms with Crippen LogP contribution in [0.3, 0.4) is 0 Å². The molecule has 0 atom stereocenters. The lowest BCUT2D eigenvalue weighted by atomic mass is 9.97. The van der Waals surface area contributed by atoms with E-state index in [0.717, 1.165) is 15.7 Å². The van der Waals surface area contributed by atoms with Crippen LogP contribution >= 0.6 is 11.3 Å². The van der Waals surface area contributed by atoms with Gasteiger partial charge in [-0.2, -0.15) is 13.2 Å². The number of halogens is 3. The van der Waals surface area contributed by atoms with Gasteiger partial charge in [-0.1, -0.05) is 0 Å². The molecule has 120 valence electrons. The number of piperidine rings is 1. The van der Waals surface area contributed by atoms with Crippen molar-refractivity contribution in [1.29, 1.82) is 0 Å². The highest BCUT2D eigenvalue weighted by atomic mass is 32.1. The van der Waals surface area contributed by atoms with Crippen LogP contribution in [-0.4, -0.2) is 38.4 Å². The molecular formula is C13H20F3N3OS. The molecule has 1 saturated heterocycles. The number of hydrogen-bond donors (Lipinski definition) is 1. The van der Waals surface area contributed by atoms with Gasteiger partial charge in [-0.25, -0.2) is 4.98 Å². The molecule has 1 N–H and O–H groups in total. The van der Waals surface area contributed by atoms with Crippen LogP contribution in [0.15, 0.2) is 0 Å². The summed E-state index contributed by atoms with van der Waals surface area (Å²) in [5.74, 6) is -1.18. The van der Waals surface area contributed by atoms with E-state index in [2.05, 4.69) is 10.3 Å². The molecule has 1 aliphatic rings. The van der Waals surface area contributed by atoms with Crippen molar-refractivity contribution in [3.05, 3.63) is 10.6 Å². The van der Waals surface area contributed by atoms with Gasteiger partial charge in [-0.3, -0.25) is 0 Å². The highest BCUT2D eigenvalue weighted by Gasteiger charge is 2.41. The Labute approximate surface area is 126 Å². The maximum Gasteiger partial charge on any atom is 0.391 e. The first-order valence-corrected chi connectivity index (χ1v) is 7.71. The topological polar surface area (TPSA) is 37.4 Å². The van der Waals surface area contributed by atoms with Crippen LogP contribution in [0, 0.1) is 5.92 Å². The molecule has 1 aromatic rings. The highest BCUT2D eigenvalue weighted by Crippen LogP contribution is 2.36. The van der Waals surface area contributed by atoms with Crippen LogP contribution < -0.4 is 10.2 Å². The molecule has 4 nitrogen and oxygen atoms in total. The second kappa shape index (κ2) is 6.93. The van der Waals surface area contributed by atoms with Crippen molar-refractivity contribution < 1.29 is 17.9 Å². The number of methoxy groups -OCH3 is 1. The standard InChI is InChI=1S/C13H20F3N3OS/c1-17-7-11-10(8-20-2)18-12(21-11)19-5-3-9(4-6-19)13(14,15)16/h9,17H,3-8H2,1-2H3. The lowest BCUT2D eigenvalue weighted by Gasteiger charge is -2.32. The average Bonchev–Trinajstić information content (AvgIpc) is 2.82. The molecule has 2 heterocycles. The number of thiazole rings is 1. The van der Waals surface area contributed by atoms with Gasteiger partial charge in [0.25, 0.3) is 0 Å². The highest BCUT2D eigenvalue weighted by molar-refractivity contribution is 7.15. The number of anilines is 1. The van der Waals surface area contributed by atoms with Crippen molar-refractivity contribution >= 4 is 16.5 Å². The summed E-state index contributed by atoms with van der Waals surface area (Å²) in [7, 11) is 3.46. The first-order chi connectivity index (χ1) is 9.95. The third-order valence-corrected chi connectivity index (χ3v) is 4.77. The van der Waals surface area contributed by atoms with Gasteiger partial charge in [0, 0.05) is 31.6 Å². The SMILES string of the molecule is CNCc1sc(N2CCC(C(F)(F)F)CC2)nc1COC. The monoisotopic (exact) mass is 323 g/mol. The lowest BCUT2D eigenvalue weighted by Crippen LogP contribution is -2.38. The molecule has 1 aliphatic heterocycles. The zero-order chi connectivity index (χ0) is 15.5. The van der Waals surface area contributed by atoms with E-state index in [4.69, 9.17) is 4.74 Å². The fraction of sp³-hybridized carbons (Fsp3) is 0.769. The summed E-state index contributed by atoms with van der Waals surface area (Å²) in [6, 6.07) is 0. The van der Waals surface area contributed by atoms with Crippen molar-refractivity contribution in [2.75, 3.05) is 32.1 Å². The third kappa shape index (κ3) is 4.08. The van der Waals surface area contributed by atoms with Crippen molar-refractivity contribution in [2.45, 2.75) is 32.2 Å². The molecule has 0 aromatic carbocycles. The summed E-state index contributed by atoms with van der Waals surface area (Å²) >= 11 is 1.53. The van der Waals surface area contributed by atoms with E-state index >= 15 is 0 Å². The van der Waals surface area contributed by atoms with Gasteiger partial charge in [-0.15, -0.1) is 11.3 Å². The maximum atomic E-state index is 12.7. The summed E-state index contributed by atoms with van der Waals surface area (Å²) in [5, 5.41) is 3.87. The maximum absolute atomic E-state index is 12.7. The van der Waals surface area contributed by atoms with Gasteiger partial charge >= 0.3 is 6.18 Å². The minimum atomic E-state index is -4.08. The van der Waals surface area contributed by atoms with E-state index in [-0.39, 0.29) is 12.8 Å². The Balaban J connectivity index is 2.04. The molecule has 2 rings (SSSR count). The van der Waals surface area contributed by atoms with Crippen molar-refractivity contribution in [3.63, 3.8) is 0 Å². The summed E-state index contributed by atoms with van der Waals surface area (Å²) in [6.07, 6.45) is -3.79. The van der Waals surface area contributed by atoms with Gasteiger partial charge in [-0.05, 0) is 19.9 Å². The second-order valence-corrected chi connectivity index (χ2v) is 6.19. The number of aromatic nitrogens is 1. The number of alkyl halides is 3. The number of ether oxygens (including phenoxy) is 1. The Hall–Kier alpha value is -0.860. The lowest BCUT2D eigenvalue weighted by molar-refractivity contribution is -0.179. The largest absolute Gasteiger partial charge is 0.391 e. The van der Waals surface area contributed by atoms with Gasteiger partial charge in [0.15, 0.2) is 5.13 Å². The fourth-order valence-electron chi connectivity index (χ4n) is 2.45. The number of nitrogens with zero attached hydrogens (tertiary/aromatic N) is 2. The van der Waals surface area contributed by atoms with Crippen molar-refractivity contribution in [3.8, 4) is 0 Å². The summed E-state index contributed by atoms with van der Waals surface area (Å²) in [5.41, 5.74) is 0.866. The van der Waals surface area contributed by atoms with E-state index in [1.54, 1.807) is 7.11 Å². The molecule has 1 aromatic heterocycles. The van der Waals surface area contributed by atoms with Gasteiger partial charge < -0.3 is 15.0 Å². The van der Waals surface area contributed by atoms with E-state index in [1.165, 1.54) is 11.3 Å². The van der Waals surface area contributed by atoms with Crippen LogP contribution in [0.25, 0.3) is 0 Å². The Morgan fingerprint density at radius 3 is 2.57 bits per heavy atom. The molecule has 0 spiro atoms. The van der Waals surface area contributed by atoms with Gasteiger partial charge in [0.2, 0.25) is 0 Å². The van der Waals surface area contributed by atoms with Crippen molar-refractivity contribution in [1.82, 2.24) is 10.3 Å². The average molecular weight is 323 g/mol. The molecule has 0 unspecified atom stereocenters. The summed E-state index contributed by atoms with van der Waals surface area (Å²) in [6.45, 7) is 1.92. The summed E-state index contributed by atoms with van der Waals surface area (Å²) in [4.78, 5) is 7.55. The Bertz CT molecular complexity index is 433. The number of hydrogen-bond acceptors (Lipinski definition) is 5. The quantitative estimate of drug-likeness (QED) is 0.904. The first kappa shape index (κ1) is 16.5. The molecule has 0 amide bonds. The van der Waals surface area contributed by atoms with E-state index in [9.17, 15) is 13.2 Å². The van der Waals surface area contributed by atoms with Crippen LogP contribution in [0.1, 0.15) is 23.4 Å². The first-order valence-electron chi connectivity index (χ1n) is 6.89. The molecule has 1 fully saturated rings. The fourth-order valence-corrected chi connectivity index (χ4v) is 3.58. The zero-order valence-corrected chi connectivity index (χ0v) is 13.0. The molecule has 0 aliphatic carbocycles. The number of nitrogens with one attached hydrogen (secondary N) is 1. The predicted molar refractivity (Wildman–Crippen MR) is 76.6 cm³/mol. The minimum absolute atomic E-state index is 0.143. The van der Waals surface area contributed by atoms with Gasteiger partial charge in [0.05, 0.1) is 18.2 Å². The van der Waals surface area contributed by atoms with Crippen molar-refractivity contribution in [2.24, 2.45) is 5.92 Å². The predicted octanol–water partition coefficient (Wildman–Crippen LogP) is 2.79. The van der Waals surface area contributed by atoms with Gasteiger partial charge in [0.1, 0.15) is 0 Å². The number of rotatable bonds is 5. The van der Waals surface area contributed by atoms with Crippen LogP contribution in [0.5, 0.6) is 0 Å². The Morgan fingerprint density at radius 2 is 2.05 bits per heavy atom. The zero-order valence-electron chi connectivity index (χ0n) is 12.2. The normalized spacial score (nSPS) is 17.5. The summed E-state index contributed by atoms with van der Waals surface area (Å²) < 4.78 is 43.2. The third-order valence-electron chi connectivity index (χ3n) is 3.61. The smallest absolute Gasteiger partial charge is 0.378 e.